The Morgan fingerprint density at radius 1 is 0.870 bits per heavy atom. The highest BCUT2D eigenvalue weighted by Crippen LogP contribution is 2.41. The first-order chi connectivity index (χ1) is 22.6. The first-order valence-corrected chi connectivity index (χ1v) is 16.7. The molecular formula is C39H47FO6. The molecule has 2 fully saturated rings. The number of hydrogen-bond donors (Lipinski definition) is 0. The fraction of sp³-hybridized carbons (Fsp3) is 0.462. The average molecular weight is 631 g/mol. The van der Waals surface area contributed by atoms with Crippen LogP contribution in [0.25, 0.3) is 11.1 Å². The summed E-state index contributed by atoms with van der Waals surface area (Å²) in [5.41, 5.74) is 4.43. The van der Waals surface area contributed by atoms with Gasteiger partial charge in [0.15, 0.2) is 6.29 Å². The molecule has 46 heavy (non-hydrogen) atoms. The fourth-order valence-electron chi connectivity index (χ4n) is 6.41. The van der Waals surface area contributed by atoms with E-state index in [0.717, 1.165) is 62.7 Å². The van der Waals surface area contributed by atoms with Gasteiger partial charge in [0.25, 0.3) is 0 Å². The van der Waals surface area contributed by atoms with Gasteiger partial charge in [0, 0.05) is 25.4 Å². The van der Waals surface area contributed by atoms with Gasteiger partial charge in [-0.3, -0.25) is 4.79 Å². The molecular weight excluding hydrogens is 583 g/mol. The van der Waals surface area contributed by atoms with Crippen molar-refractivity contribution in [2.45, 2.75) is 83.1 Å². The predicted molar refractivity (Wildman–Crippen MR) is 176 cm³/mol. The van der Waals surface area contributed by atoms with E-state index in [1.54, 1.807) is 12.1 Å². The molecule has 5 rings (SSSR count). The van der Waals surface area contributed by atoms with Gasteiger partial charge in [-0.25, -0.2) is 4.39 Å². The standard InChI is InChI=1S/C39H47FO6/c1-42-38(41)14-8-3-2-7-13-34-35(28-43-26-29-18-22-33(40)23-19-29)37(46-39-15-9-10-24-44-39)25-36(34)45-27-30-16-20-32(21-17-30)31-11-5-4-6-12-31/h2,4-7,11-12,16-23,34-37,39H,3,8-10,13-15,24-28H2,1H3/t34-,35-,36+,37-,39?/m1/s1. The first-order valence-electron chi connectivity index (χ1n) is 16.7. The fourth-order valence-corrected chi connectivity index (χ4v) is 6.41. The summed E-state index contributed by atoms with van der Waals surface area (Å²) in [5, 5.41) is 0. The van der Waals surface area contributed by atoms with E-state index in [0.29, 0.717) is 26.2 Å². The van der Waals surface area contributed by atoms with Crippen molar-refractivity contribution in [3.8, 4) is 11.1 Å². The van der Waals surface area contributed by atoms with Crippen molar-refractivity contribution in [2.75, 3.05) is 20.3 Å². The highest BCUT2D eigenvalue weighted by atomic mass is 19.1. The number of methoxy groups -OCH3 is 1. The lowest BCUT2D eigenvalue weighted by Crippen LogP contribution is -2.33. The highest BCUT2D eigenvalue weighted by Gasteiger charge is 2.45. The van der Waals surface area contributed by atoms with Gasteiger partial charge in [-0.1, -0.05) is 78.9 Å². The van der Waals surface area contributed by atoms with E-state index < -0.39 is 0 Å². The maximum absolute atomic E-state index is 13.5. The lowest BCUT2D eigenvalue weighted by atomic mass is 9.90. The molecule has 0 spiro atoms. The number of benzene rings is 3. The van der Waals surface area contributed by atoms with Crippen LogP contribution in [-0.2, 0) is 41.7 Å². The van der Waals surface area contributed by atoms with Crippen molar-refractivity contribution in [2.24, 2.45) is 11.8 Å². The molecule has 1 aliphatic heterocycles. The average Bonchev–Trinajstić information content (AvgIpc) is 3.42. The van der Waals surface area contributed by atoms with Crippen LogP contribution in [0.3, 0.4) is 0 Å². The van der Waals surface area contributed by atoms with Gasteiger partial charge in [-0.15, -0.1) is 0 Å². The van der Waals surface area contributed by atoms with E-state index in [1.165, 1.54) is 30.4 Å². The van der Waals surface area contributed by atoms with Gasteiger partial charge in [0.05, 0.1) is 39.1 Å². The van der Waals surface area contributed by atoms with E-state index >= 15 is 0 Å². The van der Waals surface area contributed by atoms with Gasteiger partial charge in [0.2, 0.25) is 0 Å². The molecule has 7 heteroatoms. The number of unbranched alkanes of at least 4 members (excludes halogenated alkanes) is 1. The third kappa shape index (κ3) is 10.3. The second kappa shape index (κ2) is 18.1. The van der Waals surface area contributed by atoms with Crippen LogP contribution in [0, 0.1) is 17.7 Å². The van der Waals surface area contributed by atoms with Gasteiger partial charge in [-0.05, 0) is 78.8 Å². The molecule has 1 unspecified atom stereocenters. The van der Waals surface area contributed by atoms with E-state index in [1.807, 2.05) is 6.07 Å². The van der Waals surface area contributed by atoms with E-state index in [4.69, 9.17) is 23.7 Å². The molecule has 246 valence electrons. The van der Waals surface area contributed by atoms with Crippen LogP contribution >= 0.6 is 0 Å². The lowest BCUT2D eigenvalue weighted by molar-refractivity contribution is -0.199. The number of ether oxygens (including phenoxy) is 5. The molecule has 3 aromatic rings. The third-order valence-electron chi connectivity index (χ3n) is 9.01. The topological polar surface area (TPSA) is 63.2 Å². The second-order valence-corrected chi connectivity index (χ2v) is 12.3. The summed E-state index contributed by atoms with van der Waals surface area (Å²) < 4.78 is 43.8. The Kier molecular flexibility index (Phi) is 13.4. The Morgan fingerprint density at radius 2 is 1.61 bits per heavy atom. The molecule has 1 saturated carbocycles. The summed E-state index contributed by atoms with van der Waals surface area (Å²) in [6.45, 7) is 2.13. The van der Waals surface area contributed by atoms with Crippen LogP contribution in [0.4, 0.5) is 4.39 Å². The molecule has 0 N–H and O–H groups in total. The molecule has 1 saturated heterocycles. The van der Waals surface area contributed by atoms with Crippen LogP contribution in [0.5, 0.6) is 0 Å². The van der Waals surface area contributed by atoms with Gasteiger partial charge in [0.1, 0.15) is 5.82 Å². The molecule has 3 aromatic carbocycles. The van der Waals surface area contributed by atoms with Crippen LogP contribution in [0.2, 0.25) is 0 Å². The highest BCUT2D eigenvalue weighted by molar-refractivity contribution is 5.69. The number of carbonyl (C=O) groups excluding carboxylic acids is 1. The number of carbonyl (C=O) groups is 1. The summed E-state index contributed by atoms with van der Waals surface area (Å²) in [4.78, 5) is 11.5. The summed E-state index contributed by atoms with van der Waals surface area (Å²) in [6, 6.07) is 25.4. The maximum Gasteiger partial charge on any atom is 0.305 e. The molecule has 0 radical (unpaired) electrons. The van der Waals surface area contributed by atoms with Gasteiger partial charge < -0.3 is 23.7 Å². The zero-order valence-electron chi connectivity index (χ0n) is 26.9. The minimum atomic E-state index is -0.256. The van der Waals surface area contributed by atoms with Crippen molar-refractivity contribution in [1.29, 1.82) is 0 Å². The largest absolute Gasteiger partial charge is 0.469 e. The molecule has 5 atom stereocenters. The Morgan fingerprint density at radius 3 is 2.35 bits per heavy atom. The number of allylic oxidation sites excluding steroid dienone is 2. The lowest BCUT2D eigenvalue weighted by Gasteiger charge is -2.30. The molecule has 6 nitrogen and oxygen atoms in total. The third-order valence-corrected chi connectivity index (χ3v) is 9.01. The minimum absolute atomic E-state index is 0.0264. The quantitative estimate of drug-likeness (QED) is 0.0900. The van der Waals surface area contributed by atoms with E-state index in [2.05, 4.69) is 60.7 Å². The molecule has 0 amide bonds. The SMILES string of the molecule is COC(=O)CCCC=CC[C@@H]1[C@@H](COCc2ccc(F)cc2)[C@H](OC2CCCCO2)C[C@@H]1OCc1ccc(-c2ccccc2)cc1. The molecule has 0 aromatic heterocycles. The minimum Gasteiger partial charge on any atom is -0.469 e. The van der Waals surface area contributed by atoms with Gasteiger partial charge >= 0.3 is 5.97 Å². The molecule has 1 aliphatic carbocycles. The predicted octanol–water partition coefficient (Wildman–Crippen LogP) is 8.43. The number of esters is 1. The van der Waals surface area contributed by atoms with Crippen molar-refractivity contribution < 1.29 is 32.9 Å². The summed E-state index contributed by atoms with van der Waals surface area (Å²) in [5.74, 6) is -0.176. The van der Waals surface area contributed by atoms with Crippen molar-refractivity contribution in [3.05, 3.63) is 108 Å². The Hall–Kier alpha value is -3.36. The molecule has 0 bridgehead atoms. The first kappa shape index (κ1) is 34.0. The zero-order chi connectivity index (χ0) is 32.0. The zero-order valence-corrected chi connectivity index (χ0v) is 26.9. The smallest absolute Gasteiger partial charge is 0.305 e. The Bertz CT molecular complexity index is 1340. The van der Waals surface area contributed by atoms with Crippen molar-refractivity contribution in [1.82, 2.24) is 0 Å². The monoisotopic (exact) mass is 630 g/mol. The van der Waals surface area contributed by atoms with Crippen LogP contribution in [-0.4, -0.2) is 44.8 Å². The van der Waals surface area contributed by atoms with Crippen molar-refractivity contribution in [3.63, 3.8) is 0 Å². The Labute approximate surface area is 272 Å². The number of rotatable bonds is 16. The number of hydrogen-bond acceptors (Lipinski definition) is 6. The Balaban J connectivity index is 1.27. The summed E-state index contributed by atoms with van der Waals surface area (Å²) in [6.07, 6.45) is 10.6. The maximum atomic E-state index is 13.5. The van der Waals surface area contributed by atoms with Gasteiger partial charge in [-0.2, -0.15) is 0 Å². The van der Waals surface area contributed by atoms with Crippen LogP contribution < -0.4 is 0 Å². The van der Waals surface area contributed by atoms with E-state index in [9.17, 15) is 9.18 Å². The normalized spacial score (nSPS) is 23.1. The van der Waals surface area contributed by atoms with Crippen LogP contribution in [0.1, 0.15) is 62.5 Å². The molecule has 2 aliphatic rings. The summed E-state index contributed by atoms with van der Waals surface area (Å²) in [7, 11) is 1.42. The molecule has 1 heterocycles. The number of halogens is 1. The van der Waals surface area contributed by atoms with E-state index in [-0.39, 0.29) is 42.1 Å². The van der Waals surface area contributed by atoms with Crippen LogP contribution in [0.15, 0.2) is 91.0 Å². The second-order valence-electron chi connectivity index (χ2n) is 12.3. The summed E-state index contributed by atoms with van der Waals surface area (Å²) >= 11 is 0. The van der Waals surface area contributed by atoms with Crippen molar-refractivity contribution >= 4 is 5.97 Å².